The molecule has 1 atom stereocenters. The van der Waals surface area contributed by atoms with Crippen LogP contribution >= 0.6 is 0 Å². The van der Waals surface area contributed by atoms with Crippen molar-refractivity contribution in [3.05, 3.63) is 59.7 Å². The number of methoxy groups -OCH3 is 1. The molecule has 9 nitrogen and oxygen atoms in total. The fourth-order valence-electron chi connectivity index (χ4n) is 3.75. The smallest absolute Gasteiger partial charge is 0.244 e. The van der Waals surface area contributed by atoms with Crippen LogP contribution in [-0.2, 0) is 26.2 Å². The number of hydrogen-bond donors (Lipinski definition) is 1. The second-order valence-electron chi connectivity index (χ2n) is 8.46. The minimum atomic E-state index is -3.89. The van der Waals surface area contributed by atoms with E-state index in [1.54, 1.807) is 37.3 Å². The number of ether oxygens (including phenoxy) is 1. The average molecular weight is 518 g/mol. The lowest BCUT2D eigenvalue weighted by molar-refractivity contribution is -0.140. The summed E-state index contributed by atoms with van der Waals surface area (Å²) in [7, 11) is -2.35. The average Bonchev–Trinajstić information content (AvgIpc) is 2.85. The first kappa shape index (κ1) is 28.8. The number of Topliss-reactive ketones (excluding diaryl/α,β-unsaturated/α-hetero) is 1. The van der Waals surface area contributed by atoms with Crippen LogP contribution in [0.5, 0.6) is 5.75 Å². The molecule has 0 saturated heterocycles. The molecule has 1 N–H and O–H groups in total. The van der Waals surface area contributed by atoms with E-state index in [0.717, 1.165) is 22.5 Å². The Bertz CT molecular complexity index is 1180. The highest BCUT2D eigenvalue weighted by molar-refractivity contribution is 7.92. The molecule has 196 valence electrons. The van der Waals surface area contributed by atoms with E-state index in [9.17, 15) is 22.8 Å². The molecule has 0 heterocycles. The van der Waals surface area contributed by atoms with E-state index in [1.165, 1.54) is 31.1 Å². The highest BCUT2D eigenvalue weighted by atomic mass is 32.2. The van der Waals surface area contributed by atoms with Gasteiger partial charge in [0.05, 0.1) is 19.1 Å². The van der Waals surface area contributed by atoms with Gasteiger partial charge in [0, 0.05) is 18.7 Å². The van der Waals surface area contributed by atoms with Gasteiger partial charge in [-0.3, -0.25) is 18.7 Å². The Morgan fingerprint density at radius 3 is 2.33 bits per heavy atom. The van der Waals surface area contributed by atoms with Crippen molar-refractivity contribution in [3.8, 4) is 5.75 Å². The molecule has 0 saturated carbocycles. The minimum absolute atomic E-state index is 0.0825. The molecule has 0 unspecified atom stereocenters. The van der Waals surface area contributed by atoms with E-state index < -0.39 is 28.5 Å². The first-order valence-electron chi connectivity index (χ1n) is 11.8. The molecule has 0 aliphatic heterocycles. The lowest BCUT2D eigenvalue weighted by Crippen LogP contribution is -2.52. The summed E-state index contributed by atoms with van der Waals surface area (Å²) in [6.45, 7) is 5.13. The normalized spacial score (nSPS) is 11.9. The van der Waals surface area contributed by atoms with Crippen LogP contribution < -0.4 is 14.4 Å². The zero-order valence-electron chi connectivity index (χ0n) is 21.5. The quantitative estimate of drug-likeness (QED) is 0.409. The number of carbonyl (C=O) groups is 3. The predicted molar refractivity (Wildman–Crippen MR) is 140 cm³/mol. The van der Waals surface area contributed by atoms with Gasteiger partial charge in [-0.25, -0.2) is 8.42 Å². The molecule has 0 radical (unpaired) electrons. The van der Waals surface area contributed by atoms with Gasteiger partial charge in [0.15, 0.2) is 5.78 Å². The molecule has 0 fully saturated rings. The number of amides is 2. The Morgan fingerprint density at radius 2 is 1.75 bits per heavy atom. The molecule has 2 rings (SSSR count). The van der Waals surface area contributed by atoms with Gasteiger partial charge < -0.3 is 15.0 Å². The zero-order chi connectivity index (χ0) is 26.9. The first-order chi connectivity index (χ1) is 17.0. The maximum absolute atomic E-state index is 13.7. The fraction of sp³-hybridized carbons (Fsp3) is 0.423. The van der Waals surface area contributed by atoms with Crippen LogP contribution in [0.4, 0.5) is 5.69 Å². The van der Waals surface area contributed by atoms with Crippen LogP contribution in [0, 0.1) is 0 Å². The summed E-state index contributed by atoms with van der Waals surface area (Å²) in [6, 6.07) is 12.4. The highest BCUT2D eigenvalue weighted by Gasteiger charge is 2.31. The topological polar surface area (TPSA) is 113 Å². The number of carbonyl (C=O) groups excluding carboxylic acids is 3. The third kappa shape index (κ3) is 7.81. The predicted octanol–water partition coefficient (Wildman–Crippen LogP) is 3.00. The third-order valence-electron chi connectivity index (χ3n) is 5.64. The van der Waals surface area contributed by atoms with Crippen LogP contribution in [0.2, 0.25) is 0 Å². The van der Waals surface area contributed by atoms with E-state index in [2.05, 4.69) is 5.32 Å². The molecular weight excluding hydrogens is 482 g/mol. The first-order valence-corrected chi connectivity index (χ1v) is 13.6. The molecule has 10 heteroatoms. The summed E-state index contributed by atoms with van der Waals surface area (Å²) in [5.74, 6) is -0.479. The molecule has 0 aliphatic carbocycles. The van der Waals surface area contributed by atoms with Gasteiger partial charge in [-0.15, -0.1) is 0 Å². The van der Waals surface area contributed by atoms with Crippen LogP contribution in [0.1, 0.15) is 49.5 Å². The van der Waals surface area contributed by atoms with E-state index in [-0.39, 0.29) is 23.9 Å². The van der Waals surface area contributed by atoms with Gasteiger partial charge in [-0.2, -0.15) is 0 Å². The summed E-state index contributed by atoms with van der Waals surface area (Å²) in [6.07, 6.45) is 2.07. The Morgan fingerprint density at radius 1 is 1.06 bits per heavy atom. The fourth-order valence-corrected chi connectivity index (χ4v) is 4.59. The van der Waals surface area contributed by atoms with Crippen molar-refractivity contribution >= 4 is 33.3 Å². The number of anilines is 1. The second kappa shape index (κ2) is 13.1. The summed E-state index contributed by atoms with van der Waals surface area (Å²) in [5, 5.41) is 2.84. The SMILES string of the molecule is CCCNC(=O)[C@@H](CC)N(Cc1cccc(OC)c1)C(=O)CN(c1cccc(C(C)=O)c1)S(C)(=O)=O. The van der Waals surface area contributed by atoms with Crippen molar-refractivity contribution < 1.29 is 27.5 Å². The number of nitrogens with one attached hydrogen (secondary N) is 1. The largest absolute Gasteiger partial charge is 0.497 e. The van der Waals surface area contributed by atoms with Gasteiger partial charge in [0.2, 0.25) is 21.8 Å². The van der Waals surface area contributed by atoms with Crippen molar-refractivity contribution in [2.45, 2.75) is 46.2 Å². The monoisotopic (exact) mass is 517 g/mol. The van der Waals surface area contributed by atoms with Crippen molar-refractivity contribution in [2.75, 3.05) is 30.8 Å². The van der Waals surface area contributed by atoms with Gasteiger partial charge in [-0.1, -0.05) is 38.1 Å². The van der Waals surface area contributed by atoms with Gasteiger partial charge in [0.1, 0.15) is 18.3 Å². The maximum atomic E-state index is 13.7. The number of nitrogens with zero attached hydrogens (tertiary/aromatic N) is 2. The molecule has 0 aliphatic rings. The van der Waals surface area contributed by atoms with Crippen molar-refractivity contribution in [3.63, 3.8) is 0 Å². The minimum Gasteiger partial charge on any atom is -0.497 e. The van der Waals surface area contributed by atoms with Gasteiger partial charge in [-0.05, 0) is 49.6 Å². The number of hydrogen-bond acceptors (Lipinski definition) is 6. The molecule has 0 aromatic heterocycles. The molecule has 0 bridgehead atoms. The Balaban J connectivity index is 2.47. The number of ketones is 1. The Kier molecular flexibility index (Phi) is 10.5. The summed E-state index contributed by atoms with van der Waals surface area (Å²) in [4.78, 5) is 39.9. The maximum Gasteiger partial charge on any atom is 0.244 e. The van der Waals surface area contributed by atoms with E-state index in [1.807, 2.05) is 13.0 Å². The van der Waals surface area contributed by atoms with E-state index >= 15 is 0 Å². The molecule has 36 heavy (non-hydrogen) atoms. The lowest BCUT2D eigenvalue weighted by atomic mass is 10.1. The van der Waals surface area contributed by atoms with Crippen molar-refractivity contribution in [1.29, 1.82) is 0 Å². The van der Waals surface area contributed by atoms with Crippen LogP contribution in [0.25, 0.3) is 0 Å². The van der Waals surface area contributed by atoms with E-state index in [0.29, 0.717) is 24.3 Å². The summed E-state index contributed by atoms with van der Waals surface area (Å²) in [5.41, 5.74) is 1.25. The van der Waals surface area contributed by atoms with Crippen molar-refractivity contribution in [2.24, 2.45) is 0 Å². The van der Waals surface area contributed by atoms with E-state index in [4.69, 9.17) is 4.74 Å². The number of rotatable bonds is 13. The van der Waals surface area contributed by atoms with Crippen LogP contribution in [-0.4, -0.2) is 63.4 Å². The third-order valence-corrected chi connectivity index (χ3v) is 6.78. The summed E-state index contributed by atoms with van der Waals surface area (Å²) >= 11 is 0. The molecular formula is C26H35N3O6S. The highest BCUT2D eigenvalue weighted by Crippen LogP contribution is 2.22. The Labute approximate surface area is 213 Å². The molecule has 2 aromatic rings. The van der Waals surface area contributed by atoms with Crippen LogP contribution in [0.3, 0.4) is 0 Å². The lowest BCUT2D eigenvalue weighted by Gasteiger charge is -2.33. The summed E-state index contributed by atoms with van der Waals surface area (Å²) < 4.78 is 31.6. The zero-order valence-corrected chi connectivity index (χ0v) is 22.3. The molecule has 2 amide bonds. The Hall–Kier alpha value is -3.40. The second-order valence-corrected chi connectivity index (χ2v) is 10.4. The molecule has 2 aromatic carbocycles. The van der Waals surface area contributed by atoms with Gasteiger partial charge in [0.25, 0.3) is 0 Å². The van der Waals surface area contributed by atoms with Crippen molar-refractivity contribution in [1.82, 2.24) is 10.2 Å². The number of sulfonamides is 1. The standard InChI is InChI=1S/C26H35N3O6S/c1-6-14-27-26(32)24(7-2)28(17-20-10-8-13-23(15-20)35-4)25(31)18-29(36(5,33)34)22-12-9-11-21(16-22)19(3)30/h8-13,15-16,24H,6-7,14,17-18H2,1-5H3,(H,27,32)/t24-/m1/s1. The molecule has 0 spiro atoms. The number of benzene rings is 2. The van der Waals surface area contributed by atoms with Gasteiger partial charge >= 0.3 is 0 Å². The van der Waals surface area contributed by atoms with Crippen LogP contribution in [0.15, 0.2) is 48.5 Å².